The van der Waals surface area contributed by atoms with Crippen LogP contribution in [-0.2, 0) is 10.9 Å². The van der Waals surface area contributed by atoms with Crippen LogP contribution in [0.3, 0.4) is 0 Å². The van der Waals surface area contributed by atoms with Gasteiger partial charge in [-0.25, -0.2) is 14.2 Å². The third-order valence-corrected chi connectivity index (χ3v) is 5.32. The average Bonchev–Trinajstić information content (AvgIpc) is 3.31. The van der Waals surface area contributed by atoms with E-state index in [4.69, 9.17) is 10.00 Å². The topological polar surface area (TPSA) is 100 Å². The van der Waals surface area contributed by atoms with Crippen molar-refractivity contribution in [3.63, 3.8) is 0 Å². The lowest BCUT2D eigenvalue weighted by atomic mass is 10.1. The molecule has 2 bridgehead atoms. The highest BCUT2D eigenvalue weighted by molar-refractivity contribution is 5.70. The van der Waals surface area contributed by atoms with Gasteiger partial charge in [0.2, 0.25) is 5.88 Å². The smallest absolute Gasteiger partial charge is 0.417 e. The fourth-order valence-corrected chi connectivity index (χ4v) is 4.15. The first kappa shape index (κ1) is 19.9. The molecule has 1 aromatic carbocycles. The molecule has 2 atom stereocenters. The second-order valence-electron chi connectivity index (χ2n) is 7.53. The van der Waals surface area contributed by atoms with Crippen molar-refractivity contribution in [3.8, 4) is 17.6 Å². The Bertz CT molecular complexity index is 1140. The normalized spacial score (nSPS) is 19.8. The molecule has 2 aliphatic rings. The van der Waals surface area contributed by atoms with E-state index in [2.05, 4.69) is 0 Å². The number of amides is 1. The van der Waals surface area contributed by atoms with Gasteiger partial charge in [-0.2, -0.15) is 18.4 Å². The van der Waals surface area contributed by atoms with Crippen molar-refractivity contribution in [2.45, 2.75) is 44.6 Å². The van der Waals surface area contributed by atoms with Gasteiger partial charge in [-0.3, -0.25) is 9.47 Å². The van der Waals surface area contributed by atoms with Crippen molar-refractivity contribution in [2.75, 3.05) is 6.54 Å². The molecule has 1 saturated heterocycles. The fourth-order valence-electron chi connectivity index (χ4n) is 4.15. The van der Waals surface area contributed by atoms with Crippen LogP contribution in [0.4, 0.5) is 18.0 Å². The molecule has 2 aliphatic heterocycles. The van der Waals surface area contributed by atoms with Crippen LogP contribution in [0.5, 0.6) is 5.88 Å². The molecule has 8 nitrogen and oxygen atoms in total. The Labute approximate surface area is 168 Å². The zero-order valence-corrected chi connectivity index (χ0v) is 16.0. The van der Waals surface area contributed by atoms with Crippen LogP contribution < -0.4 is 5.69 Å². The first-order chi connectivity index (χ1) is 14.0. The van der Waals surface area contributed by atoms with E-state index in [9.17, 15) is 27.9 Å². The number of halogens is 3. The van der Waals surface area contributed by atoms with Gasteiger partial charge >= 0.3 is 18.0 Å². The van der Waals surface area contributed by atoms with Crippen LogP contribution in [0.15, 0.2) is 23.0 Å². The largest absolute Gasteiger partial charge is 0.493 e. The lowest BCUT2D eigenvalue weighted by molar-refractivity contribution is -0.137. The number of hydrogen-bond donors (Lipinski definition) is 1. The quantitative estimate of drug-likeness (QED) is 0.802. The number of carbonyl (C=O) groups is 1. The summed E-state index contributed by atoms with van der Waals surface area (Å²) in [5.74, 6) is -0.535. The Morgan fingerprint density at radius 1 is 1.37 bits per heavy atom. The van der Waals surface area contributed by atoms with Gasteiger partial charge in [0, 0.05) is 6.54 Å². The summed E-state index contributed by atoms with van der Waals surface area (Å²) in [6.07, 6.45) is -5.33. The maximum absolute atomic E-state index is 13.3. The van der Waals surface area contributed by atoms with Crippen LogP contribution in [0.2, 0.25) is 0 Å². The number of rotatable bonds is 2. The van der Waals surface area contributed by atoms with Crippen LogP contribution >= 0.6 is 0 Å². The summed E-state index contributed by atoms with van der Waals surface area (Å²) in [4.78, 5) is 26.7. The van der Waals surface area contributed by atoms with E-state index in [1.807, 2.05) is 0 Å². The predicted octanol–water partition coefficient (Wildman–Crippen LogP) is 3.08. The van der Waals surface area contributed by atoms with Gasteiger partial charge in [0.25, 0.3) is 0 Å². The minimum atomic E-state index is -4.81. The number of nitrogens with zero attached hydrogens (tertiary/aromatic N) is 4. The fraction of sp³-hybridized carbons (Fsp3) is 0.421. The number of imidazole rings is 1. The summed E-state index contributed by atoms with van der Waals surface area (Å²) in [6.45, 7) is 3.59. The number of aromatic nitrogens is 2. The molecule has 0 unspecified atom stereocenters. The van der Waals surface area contributed by atoms with Crippen LogP contribution in [0.25, 0.3) is 5.69 Å². The number of carbonyl (C=O) groups excluding carboxylic acids is 1. The Balaban J connectivity index is 1.80. The molecule has 0 radical (unpaired) electrons. The van der Waals surface area contributed by atoms with E-state index in [0.29, 0.717) is 12.5 Å². The molecule has 30 heavy (non-hydrogen) atoms. The van der Waals surface area contributed by atoms with Gasteiger partial charge in [0.05, 0.1) is 41.1 Å². The molecule has 0 aliphatic carbocycles. The van der Waals surface area contributed by atoms with E-state index >= 15 is 0 Å². The average molecular weight is 422 g/mol. The molecule has 0 spiro atoms. The molecule has 0 saturated carbocycles. The molecule has 1 aromatic heterocycles. The summed E-state index contributed by atoms with van der Waals surface area (Å²) in [5, 5.41) is 19.7. The van der Waals surface area contributed by atoms with Crippen molar-refractivity contribution >= 4 is 6.09 Å². The SMILES string of the molecule is CC(C)OC(=O)N1C[C@@H]2C[C@H]1c1c(O)n(-c3ccc(C#N)c(C(F)(F)F)c3)c(=O)n12. The minimum absolute atomic E-state index is 0.162. The molecule has 158 valence electrons. The van der Waals surface area contributed by atoms with E-state index in [1.54, 1.807) is 13.8 Å². The van der Waals surface area contributed by atoms with Gasteiger partial charge < -0.3 is 9.84 Å². The summed E-state index contributed by atoms with van der Waals surface area (Å²) in [5.41, 5.74) is -2.56. The highest BCUT2D eigenvalue weighted by Gasteiger charge is 2.50. The molecule has 11 heteroatoms. The Morgan fingerprint density at radius 3 is 2.67 bits per heavy atom. The van der Waals surface area contributed by atoms with E-state index in [0.717, 1.165) is 16.7 Å². The molecule has 1 amide bonds. The maximum Gasteiger partial charge on any atom is 0.417 e. The van der Waals surface area contributed by atoms with Crippen molar-refractivity contribution in [3.05, 3.63) is 45.5 Å². The standard InChI is InChI=1S/C19H17F3N4O4/c1-9(2)30-18(29)24-8-12-6-14(24)15-16(27)26(17(28)25(12)15)11-4-3-10(7-23)13(5-11)19(20,21)22/h3-5,9,12,14,27H,6,8H2,1-2H3/t12-,14-/m0/s1. The Hall–Kier alpha value is -3.42. The third kappa shape index (κ3) is 2.82. The van der Waals surface area contributed by atoms with Gasteiger partial charge in [0.15, 0.2) is 0 Å². The van der Waals surface area contributed by atoms with E-state index in [-0.39, 0.29) is 24.0 Å². The van der Waals surface area contributed by atoms with Crippen molar-refractivity contribution in [1.29, 1.82) is 5.26 Å². The lowest BCUT2D eigenvalue weighted by Crippen LogP contribution is -2.38. The van der Waals surface area contributed by atoms with Crippen molar-refractivity contribution < 1.29 is 27.8 Å². The Morgan fingerprint density at radius 2 is 2.07 bits per heavy atom. The number of nitriles is 1. The molecule has 1 N–H and O–H groups in total. The zero-order chi connectivity index (χ0) is 22.0. The minimum Gasteiger partial charge on any atom is -0.493 e. The van der Waals surface area contributed by atoms with Gasteiger partial charge in [-0.1, -0.05) is 0 Å². The molecular weight excluding hydrogens is 405 g/mol. The number of alkyl halides is 3. The molecule has 4 rings (SSSR count). The number of aromatic hydroxyl groups is 1. The van der Waals surface area contributed by atoms with Crippen molar-refractivity contribution in [2.24, 2.45) is 0 Å². The second kappa shape index (κ2) is 6.55. The van der Waals surface area contributed by atoms with Gasteiger partial charge in [-0.15, -0.1) is 0 Å². The first-order valence-electron chi connectivity index (χ1n) is 9.19. The summed E-state index contributed by atoms with van der Waals surface area (Å²) >= 11 is 0. The monoisotopic (exact) mass is 422 g/mol. The highest BCUT2D eigenvalue weighted by atomic mass is 19.4. The first-order valence-corrected chi connectivity index (χ1v) is 9.19. The summed E-state index contributed by atoms with van der Waals surface area (Å²) in [7, 11) is 0. The molecule has 1 fully saturated rings. The van der Waals surface area contributed by atoms with Crippen molar-refractivity contribution in [1.82, 2.24) is 14.0 Å². The van der Waals surface area contributed by atoms with Gasteiger partial charge in [-0.05, 0) is 38.5 Å². The maximum atomic E-state index is 13.3. The van der Waals surface area contributed by atoms with Crippen LogP contribution in [-0.4, -0.2) is 37.9 Å². The molecular formula is C19H17F3N4O4. The second-order valence-corrected chi connectivity index (χ2v) is 7.53. The number of benzene rings is 1. The number of hydrogen-bond acceptors (Lipinski definition) is 5. The molecule has 2 aromatic rings. The Kier molecular flexibility index (Phi) is 4.34. The molecule has 3 heterocycles. The summed E-state index contributed by atoms with van der Waals surface area (Å²) in [6, 6.07) is 3.22. The van der Waals surface area contributed by atoms with Crippen LogP contribution in [0, 0.1) is 11.3 Å². The zero-order valence-electron chi connectivity index (χ0n) is 16.0. The number of likely N-dealkylation sites (tertiary alicyclic amines) is 1. The van der Waals surface area contributed by atoms with Crippen LogP contribution in [0.1, 0.15) is 49.2 Å². The van der Waals surface area contributed by atoms with E-state index in [1.165, 1.54) is 15.5 Å². The lowest BCUT2D eigenvalue weighted by Gasteiger charge is -2.27. The summed E-state index contributed by atoms with van der Waals surface area (Å²) < 4.78 is 47.2. The van der Waals surface area contributed by atoms with E-state index < -0.39 is 47.0 Å². The number of fused-ring (bicyclic) bond motifs is 5. The van der Waals surface area contributed by atoms with Gasteiger partial charge in [0.1, 0.15) is 5.69 Å². The third-order valence-electron chi connectivity index (χ3n) is 5.32. The highest BCUT2D eigenvalue weighted by Crippen LogP contribution is 2.49. The predicted molar refractivity (Wildman–Crippen MR) is 96.1 cm³/mol. The number of ether oxygens (including phenoxy) is 1.